The largest absolute Gasteiger partial charge is 0.301 e. The molecule has 6 nitrogen and oxygen atoms in total. The standard InChI is InChI=1S/C23H23ClN4O2/c1-15-4-6-17(7-5-15)22(29)26-30-13-11-20-16(2)25-27(3)23(20)28-12-10-18-14-19(24)8-9-21(18)28/h4-10,12,14H,11,13H2,1-3H3,(H,26,29). The lowest BCUT2D eigenvalue weighted by molar-refractivity contribution is 0.0324. The molecule has 0 aliphatic carbocycles. The van der Waals surface area contributed by atoms with Crippen molar-refractivity contribution in [2.45, 2.75) is 20.3 Å². The van der Waals surface area contributed by atoms with E-state index in [1.54, 1.807) is 12.1 Å². The van der Waals surface area contributed by atoms with Gasteiger partial charge in [-0.1, -0.05) is 29.3 Å². The van der Waals surface area contributed by atoms with Crippen LogP contribution in [0, 0.1) is 13.8 Å². The molecule has 0 saturated heterocycles. The van der Waals surface area contributed by atoms with E-state index in [4.69, 9.17) is 16.4 Å². The number of rotatable bonds is 6. The molecule has 2 aromatic heterocycles. The van der Waals surface area contributed by atoms with Crippen molar-refractivity contribution >= 4 is 28.4 Å². The summed E-state index contributed by atoms with van der Waals surface area (Å²) in [6, 6.07) is 15.2. The zero-order valence-electron chi connectivity index (χ0n) is 17.1. The van der Waals surface area contributed by atoms with Crippen molar-refractivity contribution in [1.82, 2.24) is 19.8 Å². The summed E-state index contributed by atoms with van der Waals surface area (Å²) in [6.07, 6.45) is 2.62. The van der Waals surface area contributed by atoms with Crippen molar-refractivity contribution in [3.63, 3.8) is 0 Å². The maximum Gasteiger partial charge on any atom is 0.274 e. The van der Waals surface area contributed by atoms with Gasteiger partial charge in [-0.2, -0.15) is 5.10 Å². The summed E-state index contributed by atoms with van der Waals surface area (Å²) in [7, 11) is 1.92. The number of benzene rings is 2. The second-order valence-corrected chi connectivity index (χ2v) is 7.73. The van der Waals surface area contributed by atoms with Gasteiger partial charge in [0, 0.05) is 41.2 Å². The van der Waals surface area contributed by atoms with Crippen molar-refractivity contribution in [3.05, 3.63) is 82.1 Å². The van der Waals surface area contributed by atoms with Crippen LogP contribution in [-0.2, 0) is 18.3 Å². The molecule has 4 aromatic rings. The van der Waals surface area contributed by atoms with Gasteiger partial charge in [0.15, 0.2) is 0 Å². The molecule has 1 N–H and O–H groups in total. The topological polar surface area (TPSA) is 61.1 Å². The molecule has 0 atom stereocenters. The Kier molecular flexibility index (Phi) is 5.61. The van der Waals surface area contributed by atoms with Crippen LogP contribution in [0.5, 0.6) is 0 Å². The van der Waals surface area contributed by atoms with Gasteiger partial charge in [-0.15, -0.1) is 0 Å². The summed E-state index contributed by atoms with van der Waals surface area (Å²) in [5.74, 6) is 0.713. The Bertz CT molecular complexity index is 1210. The van der Waals surface area contributed by atoms with Gasteiger partial charge in [0.2, 0.25) is 0 Å². The number of aromatic nitrogens is 3. The van der Waals surface area contributed by atoms with E-state index in [9.17, 15) is 4.79 Å². The molecule has 0 spiro atoms. The van der Waals surface area contributed by atoms with Crippen LogP contribution in [-0.4, -0.2) is 26.9 Å². The molecule has 0 saturated carbocycles. The maximum atomic E-state index is 12.2. The van der Waals surface area contributed by atoms with Crippen molar-refractivity contribution in [2.24, 2.45) is 7.05 Å². The van der Waals surface area contributed by atoms with E-state index in [-0.39, 0.29) is 5.91 Å². The number of hydrogen-bond donors (Lipinski definition) is 1. The molecule has 4 rings (SSSR count). The number of hydrogen-bond acceptors (Lipinski definition) is 3. The Morgan fingerprint density at radius 2 is 1.90 bits per heavy atom. The quantitative estimate of drug-likeness (QED) is 0.366. The van der Waals surface area contributed by atoms with E-state index in [1.807, 2.05) is 68.2 Å². The highest BCUT2D eigenvalue weighted by atomic mass is 35.5. The number of aryl methyl sites for hydroxylation is 3. The molecule has 0 aliphatic rings. The Hall–Kier alpha value is -3.09. The Labute approximate surface area is 180 Å². The average molecular weight is 423 g/mol. The first-order chi connectivity index (χ1) is 14.4. The summed E-state index contributed by atoms with van der Waals surface area (Å²) in [4.78, 5) is 17.7. The van der Waals surface area contributed by atoms with Gasteiger partial charge in [-0.3, -0.25) is 14.3 Å². The number of hydroxylamine groups is 1. The zero-order chi connectivity index (χ0) is 21.3. The van der Waals surface area contributed by atoms with Crippen molar-refractivity contribution in [2.75, 3.05) is 6.61 Å². The molecule has 30 heavy (non-hydrogen) atoms. The number of carbonyl (C=O) groups is 1. The zero-order valence-corrected chi connectivity index (χ0v) is 17.9. The van der Waals surface area contributed by atoms with Gasteiger partial charge in [0.25, 0.3) is 5.91 Å². The number of carbonyl (C=O) groups excluding carboxylic acids is 1. The number of amides is 1. The van der Waals surface area contributed by atoms with Crippen molar-refractivity contribution in [3.8, 4) is 5.82 Å². The summed E-state index contributed by atoms with van der Waals surface area (Å²) in [5, 5.41) is 6.36. The minimum Gasteiger partial charge on any atom is -0.301 e. The normalized spacial score (nSPS) is 11.2. The SMILES string of the molecule is Cc1ccc(C(=O)NOCCc2c(C)nn(C)c2-n2ccc3cc(Cl)ccc32)cc1. The molecule has 0 bridgehead atoms. The van der Waals surface area contributed by atoms with E-state index in [1.165, 1.54) is 0 Å². The molecule has 2 heterocycles. The molecule has 0 aliphatic heterocycles. The van der Waals surface area contributed by atoms with Crippen LogP contribution in [0.3, 0.4) is 0 Å². The number of halogens is 1. The predicted molar refractivity (Wildman–Crippen MR) is 118 cm³/mol. The fourth-order valence-electron chi connectivity index (χ4n) is 3.62. The van der Waals surface area contributed by atoms with Gasteiger partial charge in [-0.05, 0) is 50.2 Å². The third-order valence-corrected chi connectivity index (χ3v) is 5.36. The van der Waals surface area contributed by atoms with Crippen molar-refractivity contribution < 1.29 is 9.63 Å². The minimum absolute atomic E-state index is 0.258. The molecule has 7 heteroatoms. The van der Waals surface area contributed by atoms with Crippen molar-refractivity contribution in [1.29, 1.82) is 0 Å². The first kappa shape index (κ1) is 20.2. The lowest BCUT2D eigenvalue weighted by Crippen LogP contribution is -2.25. The minimum atomic E-state index is -0.258. The first-order valence-electron chi connectivity index (χ1n) is 9.72. The average Bonchev–Trinajstić information content (AvgIpc) is 3.24. The smallest absolute Gasteiger partial charge is 0.274 e. The van der Waals surface area contributed by atoms with Gasteiger partial charge in [-0.25, -0.2) is 5.48 Å². The second-order valence-electron chi connectivity index (χ2n) is 7.30. The van der Waals surface area contributed by atoms with Crippen LogP contribution < -0.4 is 5.48 Å². The molecule has 0 radical (unpaired) electrons. The van der Waals surface area contributed by atoms with Crippen LogP contribution in [0.4, 0.5) is 0 Å². The highest BCUT2D eigenvalue weighted by molar-refractivity contribution is 6.31. The summed E-state index contributed by atoms with van der Waals surface area (Å²) >= 11 is 6.12. The van der Waals surface area contributed by atoms with Crippen LogP contribution in [0.15, 0.2) is 54.7 Å². The van der Waals surface area contributed by atoms with Crippen LogP contribution in [0.1, 0.15) is 27.2 Å². The van der Waals surface area contributed by atoms with E-state index in [2.05, 4.69) is 15.1 Å². The Morgan fingerprint density at radius 3 is 2.67 bits per heavy atom. The Balaban J connectivity index is 1.48. The molecule has 0 unspecified atom stereocenters. The van der Waals surface area contributed by atoms with Crippen LogP contribution >= 0.6 is 11.6 Å². The number of nitrogens with one attached hydrogen (secondary N) is 1. The second kappa shape index (κ2) is 8.34. The van der Waals surface area contributed by atoms with E-state index in [0.717, 1.165) is 33.5 Å². The third kappa shape index (κ3) is 3.97. The molecular formula is C23H23ClN4O2. The van der Waals surface area contributed by atoms with Gasteiger partial charge in [0.1, 0.15) is 5.82 Å². The third-order valence-electron chi connectivity index (χ3n) is 5.13. The summed E-state index contributed by atoms with van der Waals surface area (Å²) in [5.41, 5.74) is 7.23. The van der Waals surface area contributed by atoms with Gasteiger partial charge in [0.05, 0.1) is 17.8 Å². The number of fused-ring (bicyclic) bond motifs is 1. The molecule has 0 fully saturated rings. The van der Waals surface area contributed by atoms with Gasteiger partial charge < -0.3 is 4.57 Å². The summed E-state index contributed by atoms with van der Waals surface area (Å²) in [6.45, 7) is 4.29. The number of nitrogens with zero attached hydrogens (tertiary/aromatic N) is 3. The first-order valence-corrected chi connectivity index (χ1v) is 10.1. The fourth-order valence-corrected chi connectivity index (χ4v) is 3.80. The monoisotopic (exact) mass is 422 g/mol. The van der Waals surface area contributed by atoms with Crippen LogP contribution in [0.25, 0.3) is 16.7 Å². The van der Waals surface area contributed by atoms with E-state index in [0.29, 0.717) is 23.6 Å². The lowest BCUT2D eigenvalue weighted by Gasteiger charge is -2.11. The fraction of sp³-hybridized carbons (Fsp3) is 0.217. The molecular weight excluding hydrogens is 400 g/mol. The predicted octanol–water partition coefficient (Wildman–Crippen LogP) is 4.54. The molecule has 2 aromatic carbocycles. The lowest BCUT2D eigenvalue weighted by atomic mass is 10.1. The highest BCUT2D eigenvalue weighted by Gasteiger charge is 2.17. The van der Waals surface area contributed by atoms with Crippen LogP contribution in [0.2, 0.25) is 5.02 Å². The van der Waals surface area contributed by atoms with E-state index >= 15 is 0 Å². The maximum absolute atomic E-state index is 12.2. The summed E-state index contributed by atoms with van der Waals surface area (Å²) < 4.78 is 3.97. The van der Waals surface area contributed by atoms with E-state index < -0.39 is 0 Å². The molecule has 154 valence electrons. The highest BCUT2D eigenvalue weighted by Crippen LogP contribution is 2.26. The Morgan fingerprint density at radius 1 is 1.13 bits per heavy atom. The van der Waals surface area contributed by atoms with Gasteiger partial charge >= 0.3 is 0 Å². The molecule has 1 amide bonds.